The number of carbonyl (C=O) groups excluding carboxylic acids is 1. The second-order valence-electron chi connectivity index (χ2n) is 5.19. The number of alkyl halides is 3. The molecular weight excluding hydrogens is 307 g/mol. The first-order valence-corrected chi connectivity index (χ1v) is 6.00. The fraction of sp³-hybridized carbons (Fsp3) is 0.385. The Balaban J connectivity index is 3.09. The van der Waals surface area contributed by atoms with Crippen LogP contribution in [0, 0.1) is 0 Å². The zero-order valence-electron chi connectivity index (χ0n) is 11.9. The highest BCUT2D eigenvalue weighted by Gasteiger charge is 2.32. The maximum Gasteiger partial charge on any atom is 0.573 e. The van der Waals surface area contributed by atoms with Gasteiger partial charge in [0, 0.05) is 0 Å². The van der Waals surface area contributed by atoms with E-state index in [0.29, 0.717) is 0 Å². The minimum atomic E-state index is -4.99. The fourth-order valence-corrected chi connectivity index (χ4v) is 1.39. The van der Waals surface area contributed by atoms with Gasteiger partial charge in [-0.3, -0.25) is 5.32 Å². The van der Waals surface area contributed by atoms with Gasteiger partial charge in [-0.15, -0.1) is 13.2 Å². The van der Waals surface area contributed by atoms with E-state index in [4.69, 9.17) is 9.84 Å². The van der Waals surface area contributed by atoms with E-state index in [9.17, 15) is 22.8 Å². The Kier molecular flexibility index (Phi) is 4.90. The van der Waals surface area contributed by atoms with Crippen molar-refractivity contribution in [3.63, 3.8) is 0 Å². The summed E-state index contributed by atoms with van der Waals surface area (Å²) in [6.07, 6.45) is -6.03. The molecule has 1 aromatic rings. The average molecular weight is 321 g/mol. The Morgan fingerprint density at radius 2 is 1.77 bits per heavy atom. The van der Waals surface area contributed by atoms with Crippen LogP contribution in [0.25, 0.3) is 0 Å². The monoisotopic (exact) mass is 321 g/mol. The molecule has 0 saturated carbocycles. The highest BCUT2D eigenvalue weighted by atomic mass is 19.4. The molecule has 0 radical (unpaired) electrons. The summed E-state index contributed by atoms with van der Waals surface area (Å²) < 4.78 is 45.5. The van der Waals surface area contributed by atoms with Crippen molar-refractivity contribution >= 4 is 17.7 Å². The van der Waals surface area contributed by atoms with E-state index in [2.05, 4.69) is 4.74 Å². The molecule has 1 aromatic carbocycles. The predicted octanol–water partition coefficient (Wildman–Crippen LogP) is 3.63. The van der Waals surface area contributed by atoms with Crippen molar-refractivity contribution in [3.05, 3.63) is 23.8 Å². The normalized spacial score (nSPS) is 11.7. The average Bonchev–Trinajstić information content (AvgIpc) is 2.26. The van der Waals surface area contributed by atoms with Gasteiger partial charge in [-0.05, 0) is 39.0 Å². The van der Waals surface area contributed by atoms with E-state index in [0.717, 1.165) is 18.2 Å². The summed E-state index contributed by atoms with van der Waals surface area (Å²) in [6, 6.07) is 2.56. The second-order valence-corrected chi connectivity index (χ2v) is 5.19. The molecule has 0 saturated heterocycles. The molecule has 22 heavy (non-hydrogen) atoms. The fourth-order valence-electron chi connectivity index (χ4n) is 1.39. The molecule has 0 aromatic heterocycles. The molecule has 0 unspecified atom stereocenters. The molecule has 6 nitrogen and oxygen atoms in total. The molecular formula is C13H14F3NO5. The van der Waals surface area contributed by atoms with Crippen molar-refractivity contribution in [2.45, 2.75) is 32.7 Å². The molecule has 0 aliphatic heterocycles. The number of carbonyl (C=O) groups is 2. The van der Waals surface area contributed by atoms with Gasteiger partial charge in [-0.25, -0.2) is 9.59 Å². The maximum absolute atomic E-state index is 12.3. The number of amides is 1. The number of hydrogen-bond acceptors (Lipinski definition) is 4. The maximum atomic E-state index is 12.3. The number of halogens is 3. The first-order chi connectivity index (χ1) is 9.87. The number of benzene rings is 1. The van der Waals surface area contributed by atoms with Crippen LogP contribution in [-0.2, 0) is 4.74 Å². The molecule has 0 heterocycles. The molecule has 0 aliphatic rings. The third-order valence-electron chi connectivity index (χ3n) is 2.09. The highest BCUT2D eigenvalue weighted by molar-refractivity contribution is 5.93. The number of ether oxygens (including phenoxy) is 2. The molecule has 0 spiro atoms. The van der Waals surface area contributed by atoms with Gasteiger partial charge in [0.2, 0.25) is 0 Å². The molecule has 122 valence electrons. The lowest BCUT2D eigenvalue weighted by Crippen LogP contribution is -2.28. The molecule has 0 bridgehead atoms. The van der Waals surface area contributed by atoms with Crippen LogP contribution < -0.4 is 10.1 Å². The molecule has 1 amide bonds. The third kappa shape index (κ3) is 5.90. The molecule has 1 rings (SSSR count). The topological polar surface area (TPSA) is 84.9 Å². The summed E-state index contributed by atoms with van der Waals surface area (Å²) >= 11 is 0. The van der Waals surface area contributed by atoms with Crippen LogP contribution in [0.4, 0.5) is 23.7 Å². The lowest BCUT2D eigenvalue weighted by Gasteiger charge is -2.20. The lowest BCUT2D eigenvalue weighted by atomic mass is 10.2. The van der Waals surface area contributed by atoms with Crippen LogP contribution in [0.2, 0.25) is 0 Å². The van der Waals surface area contributed by atoms with Crippen molar-refractivity contribution < 1.29 is 37.3 Å². The Hall–Kier alpha value is -2.45. The van der Waals surface area contributed by atoms with Crippen LogP contribution in [-0.4, -0.2) is 29.1 Å². The van der Waals surface area contributed by atoms with Crippen molar-refractivity contribution in [1.82, 2.24) is 0 Å². The van der Waals surface area contributed by atoms with E-state index in [1.165, 1.54) is 0 Å². The highest BCUT2D eigenvalue weighted by Crippen LogP contribution is 2.31. The van der Waals surface area contributed by atoms with Gasteiger partial charge >= 0.3 is 18.4 Å². The molecule has 2 N–H and O–H groups in total. The minimum absolute atomic E-state index is 0.319. The van der Waals surface area contributed by atoms with Gasteiger partial charge in [-0.2, -0.15) is 0 Å². The van der Waals surface area contributed by atoms with E-state index in [-0.39, 0.29) is 5.56 Å². The van der Waals surface area contributed by atoms with E-state index < -0.39 is 35.5 Å². The SMILES string of the molecule is CC(C)(C)OC(=O)Nc1cc(C(=O)O)ccc1OC(F)(F)F. The van der Waals surface area contributed by atoms with Gasteiger partial charge in [0.1, 0.15) is 5.60 Å². The summed E-state index contributed by atoms with van der Waals surface area (Å²) in [6.45, 7) is 4.69. The van der Waals surface area contributed by atoms with Crippen LogP contribution in [0.15, 0.2) is 18.2 Å². The first kappa shape index (κ1) is 17.6. The van der Waals surface area contributed by atoms with Gasteiger partial charge < -0.3 is 14.6 Å². The van der Waals surface area contributed by atoms with E-state index >= 15 is 0 Å². The second kappa shape index (κ2) is 6.12. The largest absolute Gasteiger partial charge is 0.573 e. The number of rotatable bonds is 3. The van der Waals surface area contributed by atoms with Crippen molar-refractivity contribution in [3.8, 4) is 5.75 Å². The van der Waals surface area contributed by atoms with Gasteiger partial charge in [0.15, 0.2) is 5.75 Å². The van der Waals surface area contributed by atoms with Crippen LogP contribution in [0.1, 0.15) is 31.1 Å². The van der Waals surface area contributed by atoms with Gasteiger partial charge in [0.25, 0.3) is 0 Å². The van der Waals surface area contributed by atoms with Crippen molar-refractivity contribution in [2.24, 2.45) is 0 Å². The van der Waals surface area contributed by atoms with Crippen LogP contribution in [0.3, 0.4) is 0 Å². The molecule has 0 aliphatic carbocycles. The third-order valence-corrected chi connectivity index (χ3v) is 2.09. The first-order valence-electron chi connectivity index (χ1n) is 6.00. The Bertz CT molecular complexity index is 578. The standard InChI is InChI=1S/C13H14F3NO5/c1-12(2,3)22-11(20)17-8-6-7(10(18)19)4-5-9(8)21-13(14,15)16/h4-6H,1-3H3,(H,17,20)(H,18,19). The zero-order valence-corrected chi connectivity index (χ0v) is 11.9. The summed E-state index contributed by atoms with van der Waals surface area (Å²) in [7, 11) is 0. The van der Waals surface area contributed by atoms with Gasteiger partial charge in [0.05, 0.1) is 11.3 Å². The summed E-state index contributed by atoms with van der Waals surface area (Å²) in [5.74, 6) is -2.12. The number of carboxylic acids is 1. The lowest BCUT2D eigenvalue weighted by molar-refractivity contribution is -0.274. The van der Waals surface area contributed by atoms with Crippen molar-refractivity contribution in [1.29, 1.82) is 0 Å². The Labute approximate surface area is 123 Å². The molecule has 9 heteroatoms. The van der Waals surface area contributed by atoms with Crippen LogP contribution >= 0.6 is 0 Å². The van der Waals surface area contributed by atoms with Gasteiger partial charge in [-0.1, -0.05) is 0 Å². The minimum Gasteiger partial charge on any atom is -0.478 e. The summed E-state index contributed by atoms with van der Waals surface area (Å²) in [5, 5.41) is 10.9. The number of nitrogens with one attached hydrogen (secondary N) is 1. The Morgan fingerprint density at radius 1 is 1.18 bits per heavy atom. The van der Waals surface area contributed by atoms with Crippen molar-refractivity contribution in [2.75, 3.05) is 5.32 Å². The zero-order chi connectivity index (χ0) is 17.1. The van der Waals surface area contributed by atoms with E-state index in [1.807, 2.05) is 5.32 Å². The summed E-state index contributed by atoms with van der Waals surface area (Å²) in [5.41, 5.74) is -1.66. The van der Waals surface area contributed by atoms with Crippen LogP contribution in [0.5, 0.6) is 5.75 Å². The molecule has 0 fully saturated rings. The predicted molar refractivity (Wildman–Crippen MR) is 69.9 cm³/mol. The quantitative estimate of drug-likeness (QED) is 0.888. The number of carboxylic acid groups (broad SMARTS) is 1. The number of hydrogen-bond donors (Lipinski definition) is 2. The molecule has 0 atom stereocenters. The summed E-state index contributed by atoms with van der Waals surface area (Å²) in [4.78, 5) is 22.5. The number of aromatic carboxylic acids is 1. The van der Waals surface area contributed by atoms with E-state index in [1.54, 1.807) is 20.8 Å². The number of anilines is 1. The smallest absolute Gasteiger partial charge is 0.478 e. The Morgan fingerprint density at radius 3 is 2.23 bits per heavy atom.